The maximum absolute atomic E-state index is 4.76. The number of piperidine rings is 1. The lowest BCUT2D eigenvalue weighted by molar-refractivity contribution is 0.414. The molecule has 7 heteroatoms. The summed E-state index contributed by atoms with van der Waals surface area (Å²) in [6.07, 6.45) is 8.60. The normalized spacial score (nSPS) is 23.5. The van der Waals surface area contributed by atoms with Crippen molar-refractivity contribution in [1.29, 1.82) is 0 Å². The van der Waals surface area contributed by atoms with E-state index in [1.54, 1.807) is 0 Å². The molecule has 0 amide bonds. The average Bonchev–Trinajstić information content (AvgIpc) is 3.06. The lowest BCUT2D eigenvalue weighted by Gasteiger charge is -2.39. The molecule has 1 aliphatic carbocycles. The van der Waals surface area contributed by atoms with Crippen LogP contribution in [0.2, 0.25) is 0 Å². The van der Waals surface area contributed by atoms with Gasteiger partial charge in [-0.25, -0.2) is 0 Å². The van der Waals surface area contributed by atoms with E-state index in [1.165, 1.54) is 22.3 Å². The van der Waals surface area contributed by atoms with Gasteiger partial charge in [0.25, 0.3) is 0 Å². The van der Waals surface area contributed by atoms with E-state index in [1.807, 2.05) is 17.9 Å². The molecule has 1 fully saturated rings. The number of nitrogens with one attached hydrogen (secondary N) is 4. The van der Waals surface area contributed by atoms with Gasteiger partial charge in [-0.15, -0.1) is 0 Å². The second-order valence-corrected chi connectivity index (χ2v) is 9.57. The van der Waals surface area contributed by atoms with E-state index in [0.717, 1.165) is 42.3 Å². The van der Waals surface area contributed by atoms with Crippen molar-refractivity contribution in [2.45, 2.75) is 58.4 Å². The molecule has 0 spiro atoms. The highest BCUT2D eigenvalue weighted by molar-refractivity contribution is 5.95. The van der Waals surface area contributed by atoms with Crippen molar-refractivity contribution in [2.75, 3.05) is 17.2 Å². The van der Waals surface area contributed by atoms with Gasteiger partial charge in [0.15, 0.2) is 12.1 Å². The zero-order valence-electron chi connectivity index (χ0n) is 19.6. The first-order valence-electron chi connectivity index (χ1n) is 11.4. The lowest BCUT2D eigenvalue weighted by Crippen LogP contribution is -2.49. The topological polar surface area (TPSA) is 78.3 Å². The molecule has 2 aliphatic heterocycles. The van der Waals surface area contributed by atoms with Crippen molar-refractivity contribution < 1.29 is 0 Å². The smallest absolute Gasteiger partial charge is 0.175 e. The summed E-state index contributed by atoms with van der Waals surface area (Å²) < 4.78 is 1.89. The monoisotopic (exact) mass is 431 g/mol. The first-order valence-corrected chi connectivity index (χ1v) is 11.4. The van der Waals surface area contributed by atoms with Gasteiger partial charge in [-0.1, -0.05) is 30.4 Å². The van der Waals surface area contributed by atoms with Crippen LogP contribution in [0.25, 0.3) is 0 Å². The van der Waals surface area contributed by atoms with E-state index in [-0.39, 0.29) is 17.9 Å². The van der Waals surface area contributed by atoms with Crippen LogP contribution in [0.3, 0.4) is 0 Å². The molecule has 168 valence electrons. The summed E-state index contributed by atoms with van der Waals surface area (Å²) in [5.41, 5.74) is 7.39. The molecular formula is C25H33N7. The third kappa shape index (κ3) is 3.76. The number of aromatic nitrogens is 2. The molecule has 3 aliphatic rings. The number of hydrogen-bond acceptors (Lipinski definition) is 6. The van der Waals surface area contributed by atoms with Gasteiger partial charge in [0.05, 0.1) is 5.56 Å². The van der Waals surface area contributed by atoms with Crippen molar-refractivity contribution in [2.24, 2.45) is 12.0 Å². The van der Waals surface area contributed by atoms with Crippen molar-refractivity contribution in [1.82, 2.24) is 20.4 Å². The van der Waals surface area contributed by atoms with E-state index in [0.29, 0.717) is 0 Å². The second-order valence-electron chi connectivity index (χ2n) is 9.57. The Bertz CT molecular complexity index is 1120. The molecule has 1 saturated heterocycles. The standard InChI is InChI=1S/C25H33N7/c1-15-7-6-8-16(2)21(15)29-22-19-14-26-24(30-23(19)32(5)31-22)28-18-10-9-17-11-12-27-25(3,4)20(17)13-18/h6-9,13-14,18,24,27-28,30H,10-12H2,1-5H3,(H,29,31). The predicted octanol–water partition coefficient (Wildman–Crippen LogP) is 3.90. The summed E-state index contributed by atoms with van der Waals surface area (Å²) >= 11 is 0. The summed E-state index contributed by atoms with van der Waals surface area (Å²) in [7, 11) is 1.96. The Balaban J connectivity index is 1.33. The Kier molecular flexibility index (Phi) is 5.18. The lowest BCUT2D eigenvalue weighted by atomic mass is 9.78. The van der Waals surface area contributed by atoms with Crippen molar-refractivity contribution in [3.63, 3.8) is 0 Å². The molecule has 7 nitrogen and oxygen atoms in total. The van der Waals surface area contributed by atoms with Gasteiger partial charge >= 0.3 is 0 Å². The quantitative estimate of drug-likeness (QED) is 0.591. The van der Waals surface area contributed by atoms with Crippen LogP contribution in [-0.2, 0) is 7.05 Å². The van der Waals surface area contributed by atoms with E-state index < -0.39 is 0 Å². The largest absolute Gasteiger partial charge is 0.338 e. The van der Waals surface area contributed by atoms with Crippen LogP contribution in [0.1, 0.15) is 43.4 Å². The highest BCUT2D eigenvalue weighted by Crippen LogP contribution is 2.34. The maximum atomic E-state index is 4.76. The van der Waals surface area contributed by atoms with Crippen LogP contribution >= 0.6 is 0 Å². The minimum atomic E-state index is -0.192. The van der Waals surface area contributed by atoms with Crippen LogP contribution in [0.5, 0.6) is 0 Å². The SMILES string of the molecule is Cc1cccc(C)c1Nc1nn(C)c2c1C=NC(NC1C=C3C(=CC1)CCNC3(C)C)N2. The van der Waals surface area contributed by atoms with Crippen LogP contribution in [-0.4, -0.2) is 40.4 Å². The number of hydrogen-bond donors (Lipinski definition) is 4. The molecule has 3 heterocycles. The predicted molar refractivity (Wildman–Crippen MR) is 132 cm³/mol. The molecule has 2 atom stereocenters. The van der Waals surface area contributed by atoms with E-state index in [4.69, 9.17) is 10.1 Å². The Morgan fingerprint density at radius 3 is 2.75 bits per heavy atom. The van der Waals surface area contributed by atoms with Gasteiger partial charge < -0.3 is 16.0 Å². The molecule has 2 aromatic rings. The fourth-order valence-corrected chi connectivity index (χ4v) is 4.98. The molecule has 1 aromatic carbocycles. The second kappa shape index (κ2) is 7.90. The number of para-hydroxylation sites is 1. The van der Waals surface area contributed by atoms with E-state index in [9.17, 15) is 0 Å². The molecule has 32 heavy (non-hydrogen) atoms. The fraction of sp³-hybridized carbons (Fsp3) is 0.440. The number of nitrogens with zero attached hydrogens (tertiary/aromatic N) is 3. The maximum Gasteiger partial charge on any atom is 0.175 e. The number of anilines is 3. The van der Waals surface area contributed by atoms with Crippen molar-refractivity contribution >= 4 is 23.5 Å². The van der Waals surface area contributed by atoms with Gasteiger partial charge in [-0.3, -0.25) is 15.0 Å². The third-order valence-electron chi connectivity index (χ3n) is 6.77. The molecule has 0 radical (unpaired) electrons. The van der Waals surface area contributed by atoms with E-state index in [2.05, 4.69) is 79.3 Å². The van der Waals surface area contributed by atoms with Crippen LogP contribution in [0.4, 0.5) is 17.3 Å². The van der Waals surface area contributed by atoms with Crippen LogP contribution in [0, 0.1) is 13.8 Å². The molecule has 0 bridgehead atoms. The average molecular weight is 432 g/mol. The van der Waals surface area contributed by atoms with Gasteiger partial charge in [-0.05, 0) is 69.4 Å². The van der Waals surface area contributed by atoms with Gasteiger partial charge in [-0.2, -0.15) is 5.10 Å². The summed E-state index contributed by atoms with van der Waals surface area (Å²) in [6.45, 7) is 9.79. The molecule has 0 saturated carbocycles. The van der Waals surface area contributed by atoms with Gasteiger partial charge in [0, 0.05) is 30.5 Å². The number of fused-ring (bicyclic) bond motifs is 2. The molecular weight excluding hydrogens is 398 g/mol. The van der Waals surface area contributed by atoms with Crippen molar-refractivity contribution in [3.8, 4) is 0 Å². The van der Waals surface area contributed by atoms with E-state index >= 15 is 0 Å². The summed E-state index contributed by atoms with van der Waals surface area (Å²) in [5, 5.41) is 19.0. The Hall–Kier alpha value is -2.90. The summed E-state index contributed by atoms with van der Waals surface area (Å²) in [5.74, 6) is 1.78. The van der Waals surface area contributed by atoms with Crippen LogP contribution in [0.15, 0.2) is 46.5 Å². The Morgan fingerprint density at radius 2 is 1.97 bits per heavy atom. The minimum absolute atomic E-state index is 0.0111. The fourth-order valence-electron chi connectivity index (χ4n) is 4.98. The Labute approximate surface area is 190 Å². The number of aliphatic imine (C=N–C) groups is 1. The Morgan fingerprint density at radius 1 is 1.19 bits per heavy atom. The van der Waals surface area contributed by atoms with Crippen molar-refractivity contribution in [3.05, 3.63) is 58.2 Å². The first kappa shape index (κ1) is 21.0. The number of benzene rings is 1. The van der Waals surface area contributed by atoms with Gasteiger partial charge in [0.2, 0.25) is 0 Å². The highest BCUT2D eigenvalue weighted by atomic mass is 15.4. The van der Waals surface area contributed by atoms with Crippen LogP contribution < -0.4 is 21.3 Å². The minimum Gasteiger partial charge on any atom is -0.338 e. The first-order chi connectivity index (χ1) is 15.3. The molecule has 1 aromatic heterocycles. The highest BCUT2D eigenvalue weighted by Gasteiger charge is 2.32. The molecule has 5 rings (SSSR count). The van der Waals surface area contributed by atoms with Gasteiger partial charge in [0.1, 0.15) is 5.82 Å². The summed E-state index contributed by atoms with van der Waals surface area (Å²) in [4.78, 5) is 4.76. The number of rotatable bonds is 4. The molecule has 2 unspecified atom stereocenters. The zero-order valence-corrected chi connectivity index (χ0v) is 19.6. The third-order valence-corrected chi connectivity index (χ3v) is 6.77. The number of aryl methyl sites for hydroxylation is 3. The summed E-state index contributed by atoms with van der Waals surface area (Å²) in [6, 6.07) is 6.54. The zero-order chi connectivity index (χ0) is 22.5. The molecule has 4 N–H and O–H groups in total.